The molecular weight excluding hydrogens is 890 g/mol. The van der Waals surface area contributed by atoms with Gasteiger partial charge in [-0.15, -0.1) is 0 Å². The summed E-state index contributed by atoms with van der Waals surface area (Å²) in [6.45, 7) is -0.982. The van der Waals surface area contributed by atoms with E-state index < -0.39 is 87.7 Å². The van der Waals surface area contributed by atoms with E-state index in [0.29, 0.717) is 22.0 Å². The van der Waals surface area contributed by atoms with E-state index >= 15 is 13.6 Å². The molecule has 7 aromatic rings. The monoisotopic (exact) mass is 922 g/mol. The maximum Gasteiger partial charge on any atom is 0.293 e. The van der Waals surface area contributed by atoms with Crippen LogP contribution in [0.2, 0.25) is 5.02 Å². The van der Waals surface area contributed by atoms with Gasteiger partial charge in [0.25, 0.3) is 17.9 Å². The van der Waals surface area contributed by atoms with Gasteiger partial charge >= 0.3 is 0 Å². The molecule has 64 heavy (non-hydrogen) atoms. The molecule has 0 saturated heterocycles. The molecule has 2 fully saturated rings. The molecule has 2 saturated carbocycles. The van der Waals surface area contributed by atoms with E-state index in [1.54, 1.807) is 18.3 Å². The van der Waals surface area contributed by atoms with E-state index in [4.69, 9.17) is 16.6 Å². The van der Waals surface area contributed by atoms with Crippen molar-refractivity contribution in [2.75, 3.05) is 11.0 Å². The number of nitrogens with zero attached hydrogens (tertiary/aromatic N) is 8. The largest absolute Gasteiger partial charge is 0.344 e. The third-order valence-corrected chi connectivity index (χ3v) is 12.6. The predicted molar refractivity (Wildman–Crippen MR) is 221 cm³/mol. The highest BCUT2D eigenvalue weighted by Gasteiger charge is 2.67. The van der Waals surface area contributed by atoms with Crippen LogP contribution in [0, 0.1) is 17.6 Å². The van der Waals surface area contributed by atoms with Crippen molar-refractivity contribution < 1.29 is 39.6 Å². The fourth-order valence-electron chi connectivity index (χ4n) is 8.95. The molecule has 22 heteroatoms. The average molecular weight is 923 g/mol. The highest BCUT2D eigenvalue weighted by Crippen LogP contribution is 2.68. The van der Waals surface area contributed by atoms with Gasteiger partial charge in [0.2, 0.25) is 15.9 Å². The number of halogens is 7. The molecule has 0 radical (unpaired) electrons. The van der Waals surface area contributed by atoms with Gasteiger partial charge in [-0.05, 0) is 67.1 Å². The quantitative estimate of drug-likeness (QED) is 0.119. The second-order valence-corrected chi connectivity index (χ2v) is 18.5. The Morgan fingerprint density at radius 2 is 1.75 bits per heavy atom. The van der Waals surface area contributed by atoms with Crippen LogP contribution in [0.3, 0.4) is 0 Å². The summed E-state index contributed by atoms with van der Waals surface area (Å²) in [5.41, 5.74) is -0.619. The Morgan fingerprint density at radius 3 is 2.45 bits per heavy atom. The Bertz CT molecular complexity index is 3280. The van der Waals surface area contributed by atoms with Crippen LogP contribution in [0.25, 0.3) is 38.8 Å². The Kier molecular flexibility index (Phi) is 9.67. The Hall–Kier alpha value is -6.35. The number of hydrogen-bond acceptors (Lipinski definition) is 9. The molecule has 14 nitrogen and oxygen atoms in total. The number of carbonyl (C=O) groups is 1. The maximum absolute atomic E-state index is 15.6. The first-order valence-corrected chi connectivity index (χ1v) is 22.2. The van der Waals surface area contributed by atoms with Gasteiger partial charge in [-0.25, -0.2) is 31.0 Å². The number of benzene rings is 3. The van der Waals surface area contributed by atoms with Crippen LogP contribution in [0.15, 0.2) is 65.7 Å². The van der Waals surface area contributed by atoms with Crippen molar-refractivity contribution in [3.8, 4) is 16.9 Å². The van der Waals surface area contributed by atoms with Crippen molar-refractivity contribution in [1.82, 2.24) is 44.4 Å². The minimum absolute atomic E-state index is 0.00403. The lowest BCUT2D eigenvalue weighted by molar-refractivity contribution is -0.123. The molecule has 4 heterocycles. The standard InChI is InChI=1S/C42H33ClF6N10O4S/c1-57-36-29(8-7-26(43)32(36)39(55-57)56-64(2,62)63)59-40(53-27-14-20(5-6-23(27)41(59)61)34-33(19-3-4-19)50-9-10-51-34)28(13-18-11-21(44)15-22(45)12-18)52-30(60)17-58-37-31(35(54-58)38(46)47)24-16-25(24)42(37,48)49/h5-12,14-15,19,24-25,28,38H,3-4,13,16-17H2,1-2H3,(H,52,60)(H,55,56)/t24-,25+,28-/m0/s1. The maximum atomic E-state index is 15.6. The molecule has 3 aliphatic carbocycles. The number of sulfonamides is 1. The molecule has 3 aliphatic rings. The second kappa shape index (κ2) is 14.9. The molecule has 3 atom stereocenters. The molecular formula is C42H33ClF6N10O4S. The molecule has 0 spiro atoms. The number of fused-ring (bicyclic) bond motifs is 5. The van der Waals surface area contributed by atoms with Crippen LogP contribution in [-0.2, 0) is 40.8 Å². The zero-order chi connectivity index (χ0) is 45.1. The third-order valence-electron chi connectivity index (χ3n) is 11.8. The number of amides is 1. The van der Waals surface area contributed by atoms with Gasteiger partial charge in [-0.3, -0.25) is 38.2 Å². The van der Waals surface area contributed by atoms with Gasteiger partial charge in [-0.1, -0.05) is 17.7 Å². The smallest absolute Gasteiger partial charge is 0.293 e. The molecule has 10 rings (SSSR count). The first-order valence-electron chi connectivity index (χ1n) is 19.9. The average Bonchev–Trinajstić information content (AvgIpc) is 4.14. The fourth-order valence-corrected chi connectivity index (χ4v) is 9.69. The summed E-state index contributed by atoms with van der Waals surface area (Å²) in [6, 6.07) is 8.69. The topological polar surface area (TPSA) is 172 Å². The highest BCUT2D eigenvalue weighted by atomic mass is 35.5. The molecule has 0 unspecified atom stereocenters. The number of aryl methyl sites for hydroxylation is 1. The van der Waals surface area contributed by atoms with Gasteiger partial charge in [0, 0.05) is 54.9 Å². The Balaban J connectivity index is 1.18. The summed E-state index contributed by atoms with van der Waals surface area (Å²) in [4.78, 5) is 43.4. The number of hydrogen-bond donors (Lipinski definition) is 2. The van der Waals surface area contributed by atoms with Gasteiger partial charge in [0.05, 0.1) is 56.2 Å². The second-order valence-electron chi connectivity index (χ2n) is 16.3. The lowest BCUT2D eigenvalue weighted by Crippen LogP contribution is -2.38. The van der Waals surface area contributed by atoms with E-state index in [0.717, 1.165) is 41.5 Å². The lowest BCUT2D eigenvalue weighted by atomic mass is 10.0. The summed E-state index contributed by atoms with van der Waals surface area (Å²) in [5, 5.41) is 10.9. The number of rotatable bonds is 12. The van der Waals surface area contributed by atoms with E-state index in [2.05, 4.69) is 30.2 Å². The molecule has 3 aromatic carbocycles. The molecule has 0 aliphatic heterocycles. The molecule has 0 bridgehead atoms. The summed E-state index contributed by atoms with van der Waals surface area (Å²) >= 11 is 6.65. The fraction of sp³-hybridized carbons (Fsp3) is 0.310. The Labute approximate surface area is 363 Å². The van der Waals surface area contributed by atoms with Crippen molar-refractivity contribution in [2.45, 2.75) is 62.5 Å². The minimum atomic E-state index is -3.92. The van der Waals surface area contributed by atoms with Crippen LogP contribution in [0.4, 0.5) is 32.2 Å². The van der Waals surface area contributed by atoms with E-state index in [1.165, 1.54) is 36.1 Å². The van der Waals surface area contributed by atoms with Gasteiger partial charge in [-0.2, -0.15) is 19.0 Å². The summed E-state index contributed by atoms with van der Waals surface area (Å²) in [7, 11) is -2.45. The third kappa shape index (κ3) is 7.13. The van der Waals surface area contributed by atoms with Gasteiger partial charge in [0.1, 0.15) is 35.4 Å². The predicted octanol–water partition coefficient (Wildman–Crippen LogP) is 7.35. The highest BCUT2D eigenvalue weighted by molar-refractivity contribution is 7.92. The Morgan fingerprint density at radius 1 is 1.02 bits per heavy atom. The van der Waals surface area contributed by atoms with Gasteiger partial charge in [0.15, 0.2) is 5.82 Å². The van der Waals surface area contributed by atoms with E-state index in [1.807, 2.05) is 0 Å². The van der Waals surface area contributed by atoms with Crippen LogP contribution >= 0.6 is 11.6 Å². The molecule has 4 aromatic heterocycles. The zero-order valence-corrected chi connectivity index (χ0v) is 35.0. The van der Waals surface area contributed by atoms with Gasteiger partial charge < -0.3 is 5.32 Å². The SMILES string of the molecule is Cn1nc(NS(C)(=O)=O)c2c(Cl)ccc(-n3c([C@H](Cc4cc(F)cc(F)c4)NC(=O)Cn4nc(C(F)F)c5c4C(F)(F)[C@@H]4C[C@H]54)nc4cc(-c5nccnc5C5CC5)ccc4c3=O)c21. The summed E-state index contributed by atoms with van der Waals surface area (Å²) in [5.74, 6) is -8.84. The minimum Gasteiger partial charge on any atom is -0.344 e. The van der Waals surface area contributed by atoms with Crippen LogP contribution in [0.5, 0.6) is 0 Å². The number of alkyl halides is 4. The first-order chi connectivity index (χ1) is 30.4. The van der Waals surface area contributed by atoms with Crippen molar-refractivity contribution in [3.05, 3.63) is 122 Å². The van der Waals surface area contributed by atoms with Crippen LogP contribution in [0.1, 0.15) is 77.6 Å². The lowest BCUT2D eigenvalue weighted by Gasteiger charge is -2.24. The van der Waals surface area contributed by atoms with Crippen LogP contribution in [-0.4, -0.2) is 59.7 Å². The van der Waals surface area contributed by atoms with Crippen molar-refractivity contribution in [1.29, 1.82) is 0 Å². The van der Waals surface area contributed by atoms with Crippen molar-refractivity contribution in [2.24, 2.45) is 13.0 Å². The first kappa shape index (κ1) is 41.6. The normalized spacial score (nSPS) is 18.1. The number of nitrogens with one attached hydrogen (secondary N) is 2. The molecule has 1 amide bonds. The van der Waals surface area contributed by atoms with E-state index in [-0.39, 0.29) is 67.6 Å². The molecule has 330 valence electrons. The van der Waals surface area contributed by atoms with Crippen molar-refractivity contribution in [3.63, 3.8) is 0 Å². The number of carbonyl (C=O) groups excluding carboxylic acids is 1. The number of anilines is 1. The zero-order valence-electron chi connectivity index (χ0n) is 33.5. The number of aromatic nitrogens is 8. The van der Waals surface area contributed by atoms with Crippen molar-refractivity contribution >= 4 is 55.2 Å². The molecule has 2 N–H and O–H groups in total. The van der Waals surface area contributed by atoms with Crippen LogP contribution < -0.4 is 15.6 Å². The summed E-state index contributed by atoms with van der Waals surface area (Å²) in [6.07, 6.45) is 2.15. The van der Waals surface area contributed by atoms with E-state index in [9.17, 15) is 30.8 Å². The summed E-state index contributed by atoms with van der Waals surface area (Å²) < 4.78 is 119.